The lowest BCUT2D eigenvalue weighted by molar-refractivity contribution is -0.146. The molecule has 1 heterocycles. The molecular weight excluding hydrogens is 316 g/mol. The number of carbonyl (C=O) groups excluding carboxylic acids is 1. The van der Waals surface area contributed by atoms with E-state index >= 15 is 0 Å². The van der Waals surface area contributed by atoms with E-state index in [0.717, 1.165) is 16.7 Å². The fourth-order valence-corrected chi connectivity index (χ4v) is 3.29. The molecule has 0 unspecified atom stereocenters. The first kappa shape index (κ1) is 17.2. The van der Waals surface area contributed by atoms with Gasteiger partial charge in [0.25, 0.3) is 0 Å². The van der Waals surface area contributed by atoms with Gasteiger partial charge in [-0.1, -0.05) is 42.5 Å². The SMILES string of the molecule is COC(=O)[C@H]1C[C@@H](O)CN1Cc1ccc(-c2ccccc2C#N)cc1. The summed E-state index contributed by atoms with van der Waals surface area (Å²) in [6.07, 6.45) is -0.105. The van der Waals surface area contributed by atoms with Gasteiger partial charge in [0, 0.05) is 19.5 Å². The molecule has 5 heteroatoms. The molecule has 1 saturated heterocycles. The summed E-state index contributed by atoms with van der Waals surface area (Å²) in [5.74, 6) is -0.309. The number of aliphatic hydroxyl groups is 1. The van der Waals surface area contributed by atoms with Crippen LogP contribution in [0, 0.1) is 11.3 Å². The number of β-amino-alcohol motifs (C(OH)–C–C–N with tert-alkyl or cyclic N) is 1. The molecular formula is C20H20N2O3. The molecule has 1 N–H and O–H groups in total. The van der Waals surface area contributed by atoms with Gasteiger partial charge >= 0.3 is 5.97 Å². The topological polar surface area (TPSA) is 73.6 Å². The highest BCUT2D eigenvalue weighted by atomic mass is 16.5. The summed E-state index contributed by atoms with van der Waals surface area (Å²) in [4.78, 5) is 13.8. The Balaban J connectivity index is 1.77. The van der Waals surface area contributed by atoms with Crippen LogP contribution in [0.25, 0.3) is 11.1 Å². The highest BCUT2D eigenvalue weighted by Gasteiger charge is 2.36. The van der Waals surface area contributed by atoms with Crippen molar-refractivity contribution in [2.24, 2.45) is 0 Å². The summed E-state index contributed by atoms with van der Waals surface area (Å²) in [7, 11) is 1.37. The van der Waals surface area contributed by atoms with Gasteiger partial charge in [0.05, 0.1) is 24.8 Å². The second-order valence-corrected chi connectivity index (χ2v) is 6.21. The Kier molecular flexibility index (Phi) is 5.13. The number of hydrogen-bond acceptors (Lipinski definition) is 5. The Hall–Kier alpha value is -2.68. The van der Waals surface area contributed by atoms with Crippen LogP contribution in [0.5, 0.6) is 0 Å². The third-order valence-electron chi connectivity index (χ3n) is 4.55. The van der Waals surface area contributed by atoms with Crippen molar-refractivity contribution in [2.45, 2.75) is 25.1 Å². The van der Waals surface area contributed by atoms with Gasteiger partial charge in [-0.25, -0.2) is 0 Å². The summed E-state index contributed by atoms with van der Waals surface area (Å²) in [5.41, 5.74) is 3.57. The third kappa shape index (κ3) is 3.71. The number of aliphatic hydroxyl groups excluding tert-OH is 1. The molecule has 2 atom stereocenters. The highest BCUT2D eigenvalue weighted by molar-refractivity contribution is 5.76. The summed E-state index contributed by atoms with van der Waals surface area (Å²) in [6, 6.07) is 17.2. The Labute approximate surface area is 147 Å². The van der Waals surface area contributed by atoms with Gasteiger partial charge in [0.2, 0.25) is 0 Å². The monoisotopic (exact) mass is 336 g/mol. The van der Waals surface area contributed by atoms with Crippen LogP contribution in [-0.2, 0) is 16.1 Å². The van der Waals surface area contributed by atoms with Crippen LogP contribution in [0.1, 0.15) is 17.5 Å². The number of carbonyl (C=O) groups is 1. The Morgan fingerprint density at radius 2 is 2.00 bits per heavy atom. The second-order valence-electron chi connectivity index (χ2n) is 6.21. The van der Waals surface area contributed by atoms with E-state index < -0.39 is 12.1 Å². The van der Waals surface area contributed by atoms with Crippen molar-refractivity contribution in [2.75, 3.05) is 13.7 Å². The molecule has 0 bridgehead atoms. The van der Waals surface area contributed by atoms with Gasteiger partial charge in [0.1, 0.15) is 6.04 Å². The van der Waals surface area contributed by atoms with E-state index in [9.17, 15) is 15.2 Å². The van der Waals surface area contributed by atoms with Crippen molar-refractivity contribution in [3.63, 3.8) is 0 Å². The molecule has 3 rings (SSSR count). The van der Waals surface area contributed by atoms with E-state index in [0.29, 0.717) is 25.1 Å². The van der Waals surface area contributed by atoms with Crippen LogP contribution in [0.15, 0.2) is 48.5 Å². The highest BCUT2D eigenvalue weighted by Crippen LogP contribution is 2.25. The molecule has 1 fully saturated rings. The van der Waals surface area contributed by atoms with Crippen molar-refractivity contribution >= 4 is 5.97 Å². The van der Waals surface area contributed by atoms with Gasteiger partial charge in [0.15, 0.2) is 0 Å². The lowest BCUT2D eigenvalue weighted by Crippen LogP contribution is -2.36. The Bertz CT molecular complexity index is 795. The molecule has 2 aromatic rings. The van der Waals surface area contributed by atoms with Crippen LogP contribution < -0.4 is 0 Å². The number of esters is 1. The minimum Gasteiger partial charge on any atom is -0.468 e. The van der Waals surface area contributed by atoms with Crippen molar-refractivity contribution in [3.05, 3.63) is 59.7 Å². The maximum Gasteiger partial charge on any atom is 0.323 e. The van der Waals surface area contributed by atoms with Crippen molar-refractivity contribution in [1.82, 2.24) is 4.90 Å². The smallest absolute Gasteiger partial charge is 0.323 e. The van der Waals surface area contributed by atoms with E-state index in [1.54, 1.807) is 6.07 Å². The largest absolute Gasteiger partial charge is 0.468 e. The number of methoxy groups -OCH3 is 1. The molecule has 25 heavy (non-hydrogen) atoms. The molecule has 5 nitrogen and oxygen atoms in total. The molecule has 128 valence electrons. The zero-order chi connectivity index (χ0) is 17.8. The average Bonchev–Trinajstić information content (AvgIpc) is 3.02. The Morgan fingerprint density at radius 1 is 1.28 bits per heavy atom. The molecule has 0 amide bonds. The second kappa shape index (κ2) is 7.47. The molecule has 0 radical (unpaired) electrons. The van der Waals surface area contributed by atoms with Gasteiger partial charge in [-0.05, 0) is 22.8 Å². The molecule has 0 aromatic heterocycles. The summed E-state index contributed by atoms with van der Waals surface area (Å²) < 4.78 is 4.83. The third-order valence-corrected chi connectivity index (χ3v) is 4.55. The fraction of sp³-hybridized carbons (Fsp3) is 0.300. The first-order chi connectivity index (χ1) is 12.1. The maximum atomic E-state index is 11.9. The molecule has 0 spiro atoms. The first-order valence-electron chi connectivity index (χ1n) is 8.20. The number of nitriles is 1. The number of ether oxygens (including phenoxy) is 1. The minimum atomic E-state index is -0.508. The molecule has 0 saturated carbocycles. The van der Waals surface area contributed by atoms with Crippen molar-refractivity contribution in [1.29, 1.82) is 5.26 Å². The van der Waals surface area contributed by atoms with Crippen molar-refractivity contribution in [3.8, 4) is 17.2 Å². The summed E-state index contributed by atoms with van der Waals surface area (Å²) in [5, 5.41) is 19.1. The van der Waals surface area contributed by atoms with Crippen LogP contribution in [-0.4, -0.2) is 41.8 Å². The van der Waals surface area contributed by atoms with E-state index in [-0.39, 0.29) is 5.97 Å². The van der Waals surface area contributed by atoms with Gasteiger partial charge in [-0.3, -0.25) is 9.69 Å². The van der Waals surface area contributed by atoms with E-state index in [1.165, 1.54) is 7.11 Å². The van der Waals surface area contributed by atoms with Crippen LogP contribution in [0.2, 0.25) is 0 Å². The number of hydrogen-bond donors (Lipinski definition) is 1. The van der Waals surface area contributed by atoms with Crippen molar-refractivity contribution < 1.29 is 14.6 Å². The van der Waals surface area contributed by atoms with E-state index in [1.807, 2.05) is 47.4 Å². The molecule has 0 aliphatic carbocycles. The zero-order valence-electron chi connectivity index (χ0n) is 14.1. The first-order valence-corrected chi connectivity index (χ1v) is 8.20. The van der Waals surface area contributed by atoms with Gasteiger partial charge < -0.3 is 9.84 Å². The van der Waals surface area contributed by atoms with E-state index in [2.05, 4.69) is 6.07 Å². The standard InChI is InChI=1S/C20H20N2O3/c1-25-20(24)19-10-17(23)13-22(19)12-14-6-8-15(9-7-14)18-5-3-2-4-16(18)11-21/h2-9,17,19,23H,10,12-13H2,1H3/t17-,19-/m1/s1. The Morgan fingerprint density at radius 3 is 2.68 bits per heavy atom. The van der Waals surface area contributed by atoms with Gasteiger partial charge in [-0.15, -0.1) is 0 Å². The maximum absolute atomic E-state index is 11.9. The van der Waals surface area contributed by atoms with Crippen LogP contribution >= 0.6 is 0 Å². The lowest BCUT2D eigenvalue weighted by Gasteiger charge is -2.22. The number of rotatable bonds is 4. The molecule has 2 aromatic carbocycles. The minimum absolute atomic E-state index is 0.309. The molecule has 1 aliphatic heterocycles. The normalized spacial score (nSPS) is 20.2. The summed E-state index contributed by atoms with van der Waals surface area (Å²) >= 11 is 0. The van der Waals surface area contributed by atoms with Crippen LogP contribution in [0.3, 0.4) is 0 Å². The quantitative estimate of drug-likeness (QED) is 0.868. The van der Waals surface area contributed by atoms with Gasteiger partial charge in [-0.2, -0.15) is 5.26 Å². The fourth-order valence-electron chi connectivity index (χ4n) is 3.29. The van der Waals surface area contributed by atoms with E-state index in [4.69, 9.17) is 4.74 Å². The lowest BCUT2D eigenvalue weighted by atomic mass is 9.99. The number of benzene rings is 2. The predicted molar refractivity (Wildman–Crippen MR) is 93.4 cm³/mol. The number of nitrogens with zero attached hydrogens (tertiary/aromatic N) is 2. The zero-order valence-corrected chi connectivity index (χ0v) is 14.1. The summed E-state index contributed by atoms with van der Waals surface area (Å²) in [6.45, 7) is 1.02. The molecule has 1 aliphatic rings. The van der Waals surface area contributed by atoms with Crippen LogP contribution in [0.4, 0.5) is 0 Å². The number of likely N-dealkylation sites (tertiary alicyclic amines) is 1. The average molecular weight is 336 g/mol. The predicted octanol–water partition coefficient (Wildman–Crippen LogP) is 2.33.